The van der Waals surface area contributed by atoms with E-state index >= 15 is 0 Å². The lowest BCUT2D eigenvalue weighted by Gasteiger charge is -2.29. The Morgan fingerprint density at radius 2 is 2.15 bits per heavy atom. The molecule has 2 rings (SSSR count). The van der Waals surface area contributed by atoms with Crippen molar-refractivity contribution in [3.63, 3.8) is 0 Å². The summed E-state index contributed by atoms with van der Waals surface area (Å²) in [6, 6.07) is 0. The van der Waals surface area contributed by atoms with Crippen LogP contribution in [-0.2, 0) is 19.9 Å². The maximum absolute atomic E-state index is 5.85. The first kappa shape index (κ1) is 8.60. The Morgan fingerprint density at radius 3 is 2.85 bits per heavy atom. The van der Waals surface area contributed by atoms with Crippen LogP contribution in [0.3, 0.4) is 0 Å². The van der Waals surface area contributed by atoms with Gasteiger partial charge in [0.1, 0.15) is 5.82 Å². The topological polar surface area (TPSA) is 43.8 Å². The van der Waals surface area contributed by atoms with E-state index in [0.717, 1.165) is 18.7 Å². The normalized spacial score (nSPS) is 19.9. The third-order valence-corrected chi connectivity index (χ3v) is 3.00. The average Bonchev–Trinajstić information content (AvgIpc) is 2.26. The molecule has 1 aliphatic carbocycles. The maximum Gasteiger partial charge on any atom is 0.148 e. The van der Waals surface area contributed by atoms with Crippen LogP contribution >= 0.6 is 0 Å². The SMILES string of the molecule is Cn1nc(N)c2c1CCC(C)(C)C2. The van der Waals surface area contributed by atoms with Gasteiger partial charge in [0, 0.05) is 18.3 Å². The second kappa shape index (κ2) is 2.50. The monoisotopic (exact) mass is 179 g/mol. The summed E-state index contributed by atoms with van der Waals surface area (Å²) in [7, 11) is 1.98. The van der Waals surface area contributed by atoms with Crippen LogP contribution in [0.15, 0.2) is 0 Å². The second-order valence-electron chi connectivity index (χ2n) is 4.78. The fourth-order valence-electron chi connectivity index (χ4n) is 2.15. The van der Waals surface area contributed by atoms with Gasteiger partial charge in [-0.1, -0.05) is 13.8 Å². The van der Waals surface area contributed by atoms with Crippen LogP contribution in [0.2, 0.25) is 0 Å². The van der Waals surface area contributed by atoms with Gasteiger partial charge >= 0.3 is 0 Å². The van der Waals surface area contributed by atoms with Crippen LogP contribution in [0.5, 0.6) is 0 Å². The highest BCUT2D eigenvalue weighted by atomic mass is 15.3. The maximum atomic E-state index is 5.85. The minimum absolute atomic E-state index is 0.393. The minimum Gasteiger partial charge on any atom is -0.382 e. The first-order valence-electron chi connectivity index (χ1n) is 4.80. The third-order valence-electron chi connectivity index (χ3n) is 3.00. The smallest absolute Gasteiger partial charge is 0.148 e. The molecule has 1 aromatic rings. The Kier molecular flexibility index (Phi) is 1.65. The summed E-state index contributed by atoms with van der Waals surface area (Å²) in [5.41, 5.74) is 8.85. The molecule has 0 aliphatic heterocycles. The van der Waals surface area contributed by atoms with Crippen LogP contribution in [0.4, 0.5) is 5.82 Å². The molecule has 3 nitrogen and oxygen atoms in total. The van der Waals surface area contributed by atoms with Crippen molar-refractivity contribution in [2.75, 3.05) is 5.73 Å². The molecule has 3 heteroatoms. The van der Waals surface area contributed by atoms with Crippen LogP contribution in [0.25, 0.3) is 0 Å². The Bertz CT molecular complexity index is 336. The van der Waals surface area contributed by atoms with Gasteiger partial charge in [0.05, 0.1) is 0 Å². The van der Waals surface area contributed by atoms with Crippen LogP contribution in [0.1, 0.15) is 31.5 Å². The van der Waals surface area contributed by atoms with E-state index in [1.165, 1.54) is 17.7 Å². The molecule has 0 amide bonds. The molecule has 0 aromatic carbocycles. The zero-order chi connectivity index (χ0) is 9.64. The van der Waals surface area contributed by atoms with Crippen molar-refractivity contribution < 1.29 is 0 Å². The first-order valence-corrected chi connectivity index (χ1v) is 4.80. The van der Waals surface area contributed by atoms with E-state index in [4.69, 9.17) is 5.73 Å². The molecule has 72 valence electrons. The van der Waals surface area contributed by atoms with Gasteiger partial charge in [-0.3, -0.25) is 4.68 Å². The summed E-state index contributed by atoms with van der Waals surface area (Å²) < 4.78 is 1.93. The van der Waals surface area contributed by atoms with Gasteiger partial charge in [0.25, 0.3) is 0 Å². The minimum atomic E-state index is 0.393. The van der Waals surface area contributed by atoms with Crippen LogP contribution < -0.4 is 5.73 Å². The number of hydrogen-bond donors (Lipinski definition) is 1. The van der Waals surface area contributed by atoms with Gasteiger partial charge in [-0.2, -0.15) is 5.10 Å². The molecular formula is C10H17N3. The summed E-state index contributed by atoms with van der Waals surface area (Å²) in [6.07, 6.45) is 3.42. The zero-order valence-electron chi connectivity index (χ0n) is 8.59. The van der Waals surface area contributed by atoms with Crippen molar-refractivity contribution >= 4 is 5.82 Å². The lowest BCUT2D eigenvalue weighted by molar-refractivity contribution is 0.311. The van der Waals surface area contributed by atoms with E-state index in [2.05, 4.69) is 18.9 Å². The lowest BCUT2D eigenvalue weighted by atomic mass is 9.76. The Morgan fingerprint density at radius 1 is 1.46 bits per heavy atom. The summed E-state index contributed by atoms with van der Waals surface area (Å²) >= 11 is 0. The lowest BCUT2D eigenvalue weighted by Crippen LogP contribution is -2.23. The molecular weight excluding hydrogens is 162 g/mol. The van der Waals surface area contributed by atoms with Gasteiger partial charge in [-0.15, -0.1) is 0 Å². The van der Waals surface area contributed by atoms with E-state index in [1.807, 2.05) is 11.7 Å². The molecule has 0 spiro atoms. The molecule has 0 saturated carbocycles. The van der Waals surface area contributed by atoms with Crippen molar-refractivity contribution in [3.8, 4) is 0 Å². The van der Waals surface area contributed by atoms with E-state index in [0.29, 0.717) is 5.41 Å². The summed E-state index contributed by atoms with van der Waals surface area (Å²) in [5.74, 6) is 0.727. The predicted molar refractivity (Wildman–Crippen MR) is 53.4 cm³/mol. The van der Waals surface area contributed by atoms with Crippen molar-refractivity contribution in [1.29, 1.82) is 0 Å². The Labute approximate surface area is 78.9 Å². The van der Waals surface area contributed by atoms with Gasteiger partial charge in [-0.25, -0.2) is 0 Å². The molecule has 0 saturated heterocycles. The van der Waals surface area contributed by atoms with E-state index < -0.39 is 0 Å². The largest absolute Gasteiger partial charge is 0.382 e. The van der Waals surface area contributed by atoms with Crippen molar-refractivity contribution in [3.05, 3.63) is 11.3 Å². The molecule has 1 heterocycles. The fraction of sp³-hybridized carbons (Fsp3) is 0.700. The number of nitrogen functional groups attached to an aromatic ring is 1. The third kappa shape index (κ3) is 1.32. The molecule has 1 aliphatic rings. The van der Waals surface area contributed by atoms with Crippen molar-refractivity contribution in [1.82, 2.24) is 9.78 Å². The van der Waals surface area contributed by atoms with Gasteiger partial charge in [0.15, 0.2) is 0 Å². The molecule has 1 aromatic heterocycles. The van der Waals surface area contributed by atoms with Crippen LogP contribution in [-0.4, -0.2) is 9.78 Å². The van der Waals surface area contributed by atoms with Crippen molar-refractivity contribution in [2.24, 2.45) is 12.5 Å². The quantitative estimate of drug-likeness (QED) is 0.656. The second-order valence-corrected chi connectivity index (χ2v) is 4.78. The highest BCUT2D eigenvalue weighted by Crippen LogP contribution is 2.36. The number of nitrogens with two attached hydrogens (primary N) is 1. The number of rotatable bonds is 0. The van der Waals surface area contributed by atoms with Gasteiger partial charge < -0.3 is 5.73 Å². The predicted octanol–water partition coefficient (Wildman–Crippen LogP) is 1.52. The fourth-order valence-corrected chi connectivity index (χ4v) is 2.15. The number of hydrogen-bond acceptors (Lipinski definition) is 2. The van der Waals surface area contributed by atoms with E-state index in [1.54, 1.807) is 0 Å². The molecule has 2 N–H and O–H groups in total. The van der Waals surface area contributed by atoms with Gasteiger partial charge in [0.2, 0.25) is 0 Å². The number of nitrogens with zero attached hydrogens (tertiary/aromatic N) is 2. The highest BCUT2D eigenvalue weighted by molar-refractivity contribution is 5.44. The van der Waals surface area contributed by atoms with Crippen LogP contribution in [0, 0.1) is 5.41 Å². The van der Waals surface area contributed by atoms with Gasteiger partial charge in [-0.05, 0) is 24.7 Å². The summed E-state index contributed by atoms with van der Waals surface area (Å²) in [5, 5.41) is 4.25. The average molecular weight is 179 g/mol. The molecule has 0 fully saturated rings. The Hall–Kier alpha value is -0.990. The number of aryl methyl sites for hydroxylation is 1. The molecule has 0 bridgehead atoms. The first-order chi connectivity index (χ1) is 5.99. The van der Waals surface area contributed by atoms with Crippen molar-refractivity contribution in [2.45, 2.75) is 33.1 Å². The highest BCUT2D eigenvalue weighted by Gasteiger charge is 2.29. The molecule has 0 unspecified atom stereocenters. The van der Waals surface area contributed by atoms with E-state index in [9.17, 15) is 0 Å². The number of aromatic nitrogens is 2. The molecule has 0 atom stereocenters. The zero-order valence-corrected chi connectivity index (χ0v) is 8.59. The number of fused-ring (bicyclic) bond motifs is 1. The summed E-state index contributed by atoms with van der Waals surface area (Å²) in [6.45, 7) is 4.59. The standard InChI is InChI=1S/C10H17N3/c1-10(2)5-4-8-7(6-10)9(11)12-13(8)3/h4-6H2,1-3H3,(H2,11,12). The summed E-state index contributed by atoms with van der Waals surface area (Å²) in [4.78, 5) is 0. The van der Waals surface area contributed by atoms with E-state index in [-0.39, 0.29) is 0 Å². The molecule has 13 heavy (non-hydrogen) atoms. The number of anilines is 1. The molecule has 0 radical (unpaired) electrons. The Balaban J connectivity index is 2.45.